The molecule has 2 saturated carbocycles. The highest BCUT2D eigenvalue weighted by molar-refractivity contribution is 6.32. The number of alkyl halides is 3. The van der Waals surface area contributed by atoms with E-state index in [1.54, 1.807) is 6.07 Å². The number of aromatic nitrogens is 3. The molecule has 5 nitrogen and oxygen atoms in total. The molecule has 148 valence electrons. The highest BCUT2D eigenvalue weighted by Crippen LogP contribution is 2.57. The molecule has 28 heavy (non-hydrogen) atoms. The highest BCUT2D eigenvalue weighted by atomic mass is 35.5. The second-order valence-electron chi connectivity index (χ2n) is 7.25. The first-order chi connectivity index (χ1) is 13.2. The van der Waals surface area contributed by atoms with Crippen molar-refractivity contribution < 1.29 is 18.0 Å². The van der Waals surface area contributed by atoms with E-state index in [1.165, 1.54) is 18.6 Å². The summed E-state index contributed by atoms with van der Waals surface area (Å²) in [6.07, 6.45) is 1.64. The van der Waals surface area contributed by atoms with Crippen LogP contribution in [0.1, 0.15) is 46.9 Å². The van der Waals surface area contributed by atoms with Crippen molar-refractivity contribution in [2.45, 2.75) is 36.8 Å². The third-order valence-electron chi connectivity index (χ3n) is 5.31. The Morgan fingerprint density at radius 2 is 1.93 bits per heavy atom. The lowest BCUT2D eigenvalue weighted by atomic mass is 10.00. The van der Waals surface area contributed by atoms with E-state index in [1.807, 2.05) is 0 Å². The molecule has 2 aromatic heterocycles. The Bertz CT molecular complexity index is 933. The molecule has 0 aromatic carbocycles. The zero-order valence-corrected chi connectivity index (χ0v) is 15.9. The summed E-state index contributed by atoms with van der Waals surface area (Å²) in [5.74, 6) is -2.35. The maximum absolute atomic E-state index is 12.8. The Kier molecular flexibility index (Phi) is 4.74. The summed E-state index contributed by atoms with van der Waals surface area (Å²) >= 11 is 12.2. The van der Waals surface area contributed by atoms with Gasteiger partial charge in [-0.1, -0.05) is 23.2 Å². The lowest BCUT2D eigenvalue weighted by Crippen LogP contribution is -2.33. The smallest absolute Gasteiger partial charge is 0.350 e. The van der Waals surface area contributed by atoms with E-state index in [0.29, 0.717) is 16.3 Å². The largest absolute Gasteiger partial charge is 0.392 e. The Hall–Kier alpha value is -1.93. The maximum Gasteiger partial charge on any atom is 0.392 e. The van der Waals surface area contributed by atoms with Crippen LogP contribution < -0.4 is 5.32 Å². The molecule has 2 atom stereocenters. The first kappa shape index (κ1) is 19.4. The number of rotatable bonds is 5. The Labute approximate surface area is 168 Å². The van der Waals surface area contributed by atoms with Crippen LogP contribution in [0.15, 0.2) is 24.7 Å². The minimum absolute atomic E-state index is 0.00834. The maximum atomic E-state index is 12.8. The fraction of sp³-hybridized carbons (Fsp3) is 0.444. The molecule has 2 aromatic rings. The number of halogens is 5. The molecule has 2 fully saturated rings. The van der Waals surface area contributed by atoms with Crippen LogP contribution in [-0.4, -0.2) is 33.6 Å². The van der Waals surface area contributed by atoms with Gasteiger partial charge in [-0.2, -0.15) is 13.2 Å². The number of hydrogen-bond acceptors (Lipinski definition) is 4. The van der Waals surface area contributed by atoms with E-state index in [2.05, 4.69) is 20.3 Å². The quantitative estimate of drug-likeness (QED) is 0.767. The zero-order valence-electron chi connectivity index (χ0n) is 14.4. The molecule has 2 heterocycles. The van der Waals surface area contributed by atoms with Crippen molar-refractivity contribution in [2.75, 3.05) is 6.54 Å². The monoisotopic (exact) mass is 430 g/mol. The summed E-state index contributed by atoms with van der Waals surface area (Å²) < 4.78 is 38.4. The van der Waals surface area contributed by atoms with Crippen LogP contribution in [0.3, 0.4) is 0 Å². The number of carbonyl (C=O) groups is 1. The van der Waals surface area contributed by atoms with Crippen LogP contribution in [0.2, 0.25) is 10.2 Å². The van der Waals surface area contributed by atoms with Crippen molar-refractivity contribution in [3.63, 3.8) is 0 Å². The molecule has 2 aliphatic rings. The second-order valence-corrected chi connectivity index (χ2v) is 8.01. The molecule has 4 rings (SSSR count). The van der Waals surface area contributed by atoms with Gasteiger partial charge in [-0.05, 0) is 36.8 Å². The number of pyridine rings is 1. The molecule has 2 aliphatic carbocycles. The predicted octanol–water partition coefficient (Wildman–Crippen LogP) is 4.31. The third-order valence-corrected chi connectivity index (χ3v) is 5.88. The summed E-state index contributed by atoms with van der Waals surface area (Å²) in [5, 5.41) is 3.11. The summed E-state index contributed by atoms with van der Waals surface area (Å²) in [5.41, 5.74) is 0.698. The predicted molar refractivity (Wildman–Crippen MR) is 96.4 cm³/mol. The highest BCUT2D eigenvalue weighted by Gasteiger charge is 2.56. The van der Waals surface area contributed by atoms with Crippen LogP contribution in [0.25, 0.3) is 0 Å². The van der Waals surface area contributed by atoms with Gasteiger partial charge in [-0.3, -0.25) is 9.78 Å². The van der Waals surface area contributed by atoms with Gasteiger partial charge in [0, 0.05) is 30.6 Å². The molecule has 1 amide bonds. The van der Waals surface area contributed by atoms with Gasteiger partial charge in [0.15, 0.2) is 10.8 Å². The van der Waals surface area contributed by atoms with Crippen LogP contribution in [-0.2, 0) is 5.41 Å². The molecule has 0 bridgehead atoms. The van der Waals surface area contributed by atoms with E-state index < -0.39 is 29.3 Å². The van der Waals surface area contributed by atoms with E-state index in [0.717, 1.165) is 12.8 Å². The fourth-order valence-electron chi connectivity index (χ4n) is 3.43. The number of nitrogens with one attached hydrogen (secondary N) is 1. The first-order valence-corrected chi connectivity index (χ1v) is 9.44. The van der Waals surface area contributed by atoms with E-state index >= 15 is 0 Å². The Morgan fingerprint density at radius 1 is 1.21 bits per heavy atom. The average molecular weight is 431 g/mol. The Balaban J connectivity index is 1.45. The molecule has 2 unspecified atom stereocenters. The van der Waals surface area contributed by atoms with Crippen molar-refractivity contribution in [1.29, 1.82) is 0 Å². The van der Waals surface area contributed by atoms with Gasteiger partial charge in [-0.15, -0.1) is 0 Å². The van der Waals surface area contributed by atoms with Gasteiger partial charge in [-0.25, -0.2) is 9.97 Å². The van der Waals surface area contributed by atoms with Gasteiger partial charge in [0.05, 0.1) is 16.6 Å². The third kappa shape index (κ3) is 3.67. The Morgan fingerprint density at radius 3 is 2.50 bits per heavy atom. The number of hydrogen-bond donors (Lipinski definition) is 1. The van der Waals surface area contributed by atoms with Crippen molar-refractivity contribution in [2.24, 2.45) is 5.92 Å². The topological polar surface area (TPSA) is 67.8 Å². The molecule has 10 heteroatoms. The van der Waals surface area contributed by atoms with Crippen molar-refractivity contribution in [1.82, 2.24) is 20.3 Å². The molecule has 0 saturated heterocycles. The van der Waals surface area contributed by atoms with Gasteiger partial charge in [0.1, 0.15) is 0 Å². The van der Waals surface area contributed by atoms with Gasteiger partial charge in [0.2, 0.25) is 0 Å². The zero-order chi connectivity index (χ0) is 20.1. The van der Waals surface area contributed by atoms with Crippen LogP contribution in [0.4, 0.5) is 13.2 Å². The number of amides is 1. The number of carbonyl (C=O) groups excluding carboxylic acids is 1. The molecular formula is C18H15Cl2F3N4O. The van der Waals surface area contributed by atoms with Crippen LogP contribution in [0.5, 0.6) is 0 Å². The fourth-order valence-corrected chi connectivity index (χ4v) is 3.99. The minimum Gasteiger partial charge on any atom is -0.350 e. The van der Waals surface area contributed by atoms with Gasteiger partial charge >= 0.3 is 6.18 Å². The summed E-state index contributed by atoms with van der Waals surface area (Å²) in [6, 6.07) is 1.57. The van der Waals surface area contributed by atoms with Crippen molar-refractivity contribution in [3.8, 4) is 0 Å². The summed E-state index contributed by atoms with van der Waals surface area (Å²) in [7, 11) is 0. The van der Waals surface area contributed by atoms with E-state index in [-0.39, 0.29) is 23.8 Å². The minimum atomic E-state index is -4.20. The standard InChI is InChI=1S/C18H15Cl2F3N4O/c19-12-5-9(10-6-11(10)18(21,22)23)7-26-14(12)17(1-2-17)8-27-16(28)13-15(20)25-4-3-24-13/h3-5,7,10-11H,1-2,6,8H2,(H,27,28). The first-order valence-electron chi connectivity index (χ1n) is 8.69. The van der Waals surface area contributed by atoms with Crippen molar-refractivity contribution >= 4 is 29.1 Å². The molecule has 1 N–H and O–H groups in total. The van der Waals surface area contributed by atoms with Crippen molar-refractivity contribution in [3.05, 3.63) is 51.8 Å². The normalized spacial score (nSPS) is 22.6. The average Bonchev–Trinajstić information content (AvgIpc) is 3.53. The number of nitrogens with zero attached hydrogens (tertiary/aromatic N) is 3. The summed E-state index contributed by atoms with van der Waals surface area (Å²) in [4.78, 5) is 24.4. The summed E-state index contributed by atoms with van der Waals surface area (Å²) in [6.45, 7) is 0.277. The SMILES string of the molecule is O=C(NCC1(c2ncc(C3CC3C(F)(F)F)cc2Cl)CC1)c1nccnc1Cl. The van der Waals surface area contributed by atoms with Crippen LogP contribution in [0, 0.1) is 5.92 Å². The molecular weight excluding hydrogens is 416 g/mol. The van der Waals surface area contributed by atoms with Gasteiger partial charge < -0.3 is 5.32 Å². The van der Waals surface area contributed by atoms with E-state index in [9.17, 15) is 18.0 Å². The van der Waals surface area contributed by atoms with Crippen LogP contribution >= 0.6 is 23.2 Å². The lowest BCUT2D eigenvalue weighted by Gasteiger charge is -2.18. The van der Waals surface area contributed by atoms with E-state index in [4.69, 9.17) is 23.2 Å². The second kappa shape index (κ2) is 6.84. The molecule has 0 radical (unpaired) electrons. The van der Waals surface area contributed by atoms with Gasteiger partial charge in [0.25, 0.3) is 5.91 Å². The molecule has 0 aliphatic heterocycles. The lowest BCUT2D eigenvalue weighted by molar-refractivity contribution is -0.148. The molecule has 0 spiro atoms.